The molecule has 4 atom stereocenters. The Hall–Kier alpha value is -0.860. The summed E-state index contributed by atoms with van der Waals surface area (Å²) in [6.07, 6.45) is -6.19. The first-order valence-electron chi connectivity index (χ1n) is 4.16. The standard InChI is InChI=1S/C8H14O7/c1-4(11)8(15,3-10)7(14)6(13)5(12)2-9/h3,5-7,9,12-15H,2H2,1H3/t5-,6+,7+,8-/m1/s1. The molecule has 0 aromatic heterocycles. The SMILES string of the molecule is CC(=O)[C@](O)(C=O)[C@@H](O)[C@@H](O)[C@H](O)CO. The molecule has 88 valence electrons. The predicted octanol–water partition coefficient (Wildman–Crippen LogP) is -3.42. The monoisotopic (exact) mass is 222 g/mol. The molecule has 0 fully saturated rings. The van der Waals surface area contributed by atoms with Crippen molar-refractivity contribution < 1.29 is 35.1 Å². The summed E-state index contributed by atoms with van der Waals surface area (Å²) in [5.74, 6) is -1.07. The molecule has 0 aliphatic heterocycles. The van der Waals surface area contributed by atoms with E-state index in [0.29, 0.717) is 0 Å². The van der Waals surface area contributed by atoms with Gasteiger partial charge in [0.1, 0.15) is 18.3 Å². The van der Waals surface area contributed by atoms with Gasteiger partial charge in [-0.2, -0.15) is 0 Å². The van der Waals surface area contributed by atoms with Gasteiger partial charge in [0.2, 0.25) is 5.60 Å². The number of ketones is 1. The lowest BCUT2D eigenvalue weighted by atomic mass is 9.88. The Morgan fingerprint density at radius 1 is 1.40 bits per heavy atom. The smallest absolute Gasteiger partial charge is 0.206 e. The van der Waals surface area contributed by atoms with Crippen molar-refractivity contribution in [2.75, 3.05) is 6.61 Å². The summed E-state index contributed by atoms with van der Waals surface area (Å²) >= 11 is 0. The van der Waals surface area contributed by atoms with Crippen LogP contribution in [0.2, 0.25) is 0 Å². The van der Waals surface area contributed by atoms with Crippen molar-refractivity contribution in [2.45, 2.75) is 30.8 Å². The van der Waals surface area contributed by atoms with E-state index in [9.17, 15) is 24.9 Å². The van der Waals surface area contributed by atoms with Gasteiger partial charge in [-0.25, -0.2) is 0 Å². The van der Waals surface area contributed by atoms with Crippen LogP contribution in [0.3, 0.4) is 0 Å². The molecule has 0 aliphatic carbocycles. The molecule has 7 nitrogen and oxygen atoms in total. The zero-order chi connectivity index (χ0) is 12.2. The topological polar surface area (TPSA) is 135 Å². The van der Waals surface area contributed by atoms with Gasteiger partial charge < -0.3 is 25.5 Å². The van der Waals surface area contributed by atoms with Crippen LogP contribution in [0.5, 0.6) is 0 Å². The number of carbonyl (C=O) groups excluding carboxylic acids is 2. The van der Waals surface area contributed by atoms with Crippen LogP contribution in [0.1, 0.15) is 6.92 Å². The lowest BCUT2D eigenvalue weighted by molar-refractivity contribution is -0.173. The summed E-state index contributed by atoms with van der Waals surface area (Å²) < 4.78 is 0. The third-order valence-corrected chi connectivity index (χ3v) is 2.10. The van der Waals surface area contributed by atoms with Crippen LogP contribution in [0.15, 0.2) is 0 Å². The first-order chi connectivity index (χ1) is 6.81. The van der Waals surface area contributed by atoms with Crippen molar-refractivity contribution in [1.29, 1.82) is 0 Å². The Balaban J connectivity index is 4.87. The molecule has 0 saturated carbocycles. The van der Waals surface area contributed by atoms with Crippen LogP contribution in [0.25, 0.3) is 0 Å². The number of Topliss-reactive ketones (excluding diaryl/α,β-unsaturated/α-hetero) is 1. The number of aliphatic hydroxyl groups is 5. The Morgan fingerprint density at radius 2 is 1.87 bits per heavy atom. The Kier molecular flexibility index (Phi) is 4.98. The summed E-state index contributed by atoms with van der Waals surface area (Å²) in [5, 5.41) is 45.2. The molecule has 0 saturated heterocycles. The second-order valence-corrected chi connectivity index (χ2v) is 3.18. The van der Waals surface area contributed by atoms with E-state index in [0.717, 1.165) is 6.92 Å². The van der Waals surface area contributed by atoms with Gasteiger partial charge >= 0.3 is 0 Å². The molecular formula is C8H14O7. The Labute approximate surface area is 85.6 Å². The maximum absolute atomic E-state index is 10.9. The van der Waals surface area contributed by atoms with E-state index in [1.807, 2.05) is 0 Å². The second kappa shape index (κ2) is 5.29. The van der Waals surface area contributed by atoms with E-state index in [1.54, 1.807) is 0 Å². The Bertz CT molecular complexity index is 241. The molecule has 5 N–H and O–H groups in total. The highest BCUT2D eigenvalue weighted by atomic mass is 16.4. The maximum Gasteiger partial charge on any atom is 0.206 e. The van der Waals surface area contributed by atoms with E-state index in [1.165, 1.54) is 0 Å². The number of aldehydes is 1. The van der Waals surface area contributed by atoms with Gasteiger partial charge in [-0.15, -0.1) is 0 Å². The average molecular weight is 222 g/mol. The summed E-state index contributed by atoms with van der Waals surface area (Å²) in [5.41, 5.74) is -2.78. The molecular weight excluding hydrogens is 208 g/mol. The molecule has 15 heavy (non-hydrogen) atoms. The lowest BCUT2D eigenvalue weighted by Crippen LogP contribution is -2.58. The predicted molar refractivity (Wildman–Crippen MR) is 46.8 cm³/mol. The summed E-state index contributed by atoms with van der Waals surface area (Å²) in [7, 11) is 0. The third kappa shape index (κ3) is 2.80. The van der Waals surface area contributed by atoms with Crippen LogP contribution in [0, 0.1) is 0 Å². The van der Waals surface area contributed by atoms with Crippen molar-refractivity contribution >= 4 is 12.1 Å². The highest BCUT2D eigenvalue weighted by Crippen LogP contribution is 2.15. The van der Waals surface area contributed by atoms with E-state index in [-0.39, 0.29) is 6.29 Å². The molecule has 0 amide bonds. The second-order valence-electron chi connectivity index (χ2n) is 3.18. The van der Waals surface area contributed by atoms with Gasteiger partial charge in [-0.3, -0.25) is 9.59 Å². The molecule has 0 unspecified atom stereocenters. The quantitative estimate of drug-likeness (QED) is 0.233. The summed E-state index contributed by atoms with van der Waals surface area (Å²) in [6, 6.07) is 0. The van der Waals surface area contributed by atoms with Crippen LogP contribution >= 0.6 is 0 Å². The zero-order valence-electron chi connectivity index (χ0n) is 8.07. The molecule has 0 radical (unpaired) electrons. The fraction of sp³-hybridized carbons (Fsp3) is 0.750. The van der Waals surface area contributed by atoms with Crippen molar-refractivity contribution in [1.82, 2.24) is 0 Å². The highest BCUT2D eigenvalue weighted by molar-refractivity contribution is 6.00. The minimum Gasteiger partial charge on any atom is -0.394 e. The summed E-state index contributed by atoms with van der Waals surface area (Å²) in [4.78, 5) is 21.3. The number of carbonyl (C=O) groups is 2. The molecule has 0 spiro atoms. The van der Waals surface area contributed by atoms with Crippen LogP contribution < -0.4 is 0 Å². The zero-order valence-corrected chi connectivity index (χ0v) is 8.07. The van der Waals surface area contributed by atoms with E-state index < -0.39 is 36.3 Å². The lowest BCUT2D eigenvalue weighted by Gasteiger charge is -2.30. The van der Waals surface area contributed by atoms with Crippen LogP contribution in [-0.2, 0) is 9.59 Å². The van der Waals surface area contributed by atoms with E-state index in [4.69, 9.17) is 10.2 Å². The van der Waals surface area contributed by atoms with Crippen LogP contribution in [0.4, 0.5) is 0 Å². The number of hydrogen-bond donors (Lipinski definition) is 5. The molecule has 0 heterocycles. The average Bonchev–Trinajstić information content (AvgIpc) is 2.24. The third-order valence-electron chi connectivity index (χ3n) is 2.10. The fourth-order valence-corrected chi connectivity index (χ4v) is 0.940. The van der Waals surface area contributed by atoms with Crippen molar-refractivity contribution in [3.8, 4) is 0 Å². The van der Waals surface area contributed by atoms with Gasteiger partial charge in [0.25, 0.3) is 0 Å². The van der Waals surface area contributed by atoms with Gasteiger partial charge in [-0.1, -0.05) is 0 Å². The largest absolute Gasteiger partial charge is 0.394 e. The maximum atomic E-state index is 10.9. The van der Waals surface area contributed by atoms with Crippen LogP contribution in [-0.4, -0.2) is 68.1 Å². The van der Waals surface area contributed by atoms with Crippen molar-refractivity contribution in [3.05, 3.63) is 0 Å². The first kappa shape index (κ1) is 14.1. The van der Waals surface area contributed by atoms with Crippen molar-refractivity contribution in [2.24, 2.45) is 0 Å². The molecule has 0 aliphatic rings. The Morgan fingerprint density at radius 3 is 2.13 bits per heavy atom. The van der Waals surface area contributed by atoms with Gasteiger partial charge in [0, 0.05) is 0 Å². The highest BCUT2D eigenvalue weighted by Gasteiger charge is 2.46. The molecule has 0 bridgehead atoms. The molecule has 0 aromatic carbocycles. The van der Waals surface area contributed by atoms with Gasteiger partial charge in [0.15, 0.2) is 12.1 Å². The summed E-state index contributed by atoms with van der Waals surface area (Å²) in [6.45, 7) is -0.0409. The first-order valence-corrected chi connectivity index (χ1v) is 4.16. The van der Waals surface area contributed by atoms with E-state index in [2.05, 4.69) is 0 Å². The minimum atomic E-state index is -2.78. The molecule has 0 rings (SSSR count). The molecule has 0 aromatic rings. The fourth-order valence-electron chi connectivity index (χ4n) is 0.940. The minimum absolute atomic E-state index is 0.229. The van der Waals surface area contributed by atoms with E-state index >= 15 is 0 Å². The number of aliphatic hydroxyl groups excluding tert-OH is 4. The van der Waals surface area contributed by atoms with Gasteiger partial charge in [0.05, 0.1) is 6.61 Å². The number of rotatable bonds is 6. The normalized spacial score (nSPS) is 21.2. The molecule has 7 heteroatoms. The van der Waals surface area contributed by atoms with Gasteiger partial charge in [-0.05, 0) is 6.92 Å². The van der Waals surface area contributed by atoms with Crippen molar-refractivity contribution in [3.63, 3.8) is 0 Å². The number of hydrogen-bond acceptors (Lipinski definition) is 7.